The molecule has 80 heavy (non-hydrogen) atoms. The number of guanidine groups is 1. The standard InChI is InChI=1S/C54H89N15O11/c1-7-8-19-38(66-52(79)43-23-16-29-69(43)53(80)40(63-35(6)70)21-14-27-59-54(57)58)50(77)65-39(25-24-36-17-10-9-11-18-36)49(76)62-33(4)46(73)61-34(5)47(74)64-37(20-12-13-26-55)48(75)60-31-44(71)68-28-15-22-42(68)51(78)67-41(45(56)72)30-32(2)3/h9-11,17-18,32-34,37-43H,7-8,12-16,19-31,55H2,1-6H3,(H2,56,72)(H,60,75)(H,61,73)(H,62,76)(H,63,70)(H,64,74)(H,65,77)(H,66,79)(H,67,78)(H4,57,58,59)/t33-,34-,37-,38-,39-,40-,41-,42-,43-/m0/s1. The second-order valence-corrected chi connectivity index (χ2v) is 21.0. The second kappa shape index (κ2) is 34.6. The zero-order valence-corrected chi connectivity index (χ0v) is 47.4. The van der Waals surface area contributed by atoms with Gasteiger partial charge in [0.1, 0.15) is 54.4 Å². The number of benzene rings is 1. The van der Waals surface area contributed by atoms with E-state index in [-0.39, 0.29) is 57.2 Å². The van der Waals surface area contributed by atoms with Crippen LogP contribution in [0.25, 0.3) is 0 Å². The lowest BCUT2D eigenvalue weighted by molar-refractivity contribution is -0.142. The molecule has 2 aliphatic heterocycles. The highest BCUT2D eigenvalue weighted by molar-refractivity contribution is 5.98. The third kappa shape index (κ3) is 22.8. The van der Waals surface area contributed by atoms with Crippen molar-refractivity contribution in [2.24, 2.45) is 33.8 Å². The molecule has 0 unspecified atom stereocenters. The Morgan fingerprint density at radius 2 is 1.12 bits per heavy atom. The minimum absolute atomic E-state index is 0.0638. The number of hydrogen-bond acceptors (Lipinski definition) is 13. The van der Waals surface area contributed by atoms with Gasteiger partial charge in [0.15, 0.2) is 5.96 Å². The van der Waals surface area contributed by atoms with Crippen LogP contribution in [-0.4, -0.2) is 168 Å². The third-order valence-electron chi connectivity index (χ3n) is 13.9. The fourth-order valence-corrected chi connectivity index (χ4v) is 9.50. The zero-order valence-electron chi connectivity index (χ0n) is 47.4. The smallest absolute Gasteiger partial charge is 0.245 e. The predicted molar refractivity (Wildman–Crippen MR) is 299 cm³/mol. The normalized spacial score (nSPS) is 17.5. The van der Waals surface area contributed by atoms with E-state index in [4.69, 9.17) is 22.9 Å². The molecule has 2 saturated heterocycles. The molecule has 2 heterocycles. The average molecular weight is 1120 g/mol. The number of aliphatic imine (C=N–C) groups is 1. The van der Waals surface area contributed by atoms with Gasteiger partial charge in [-0.2, -0.15) is 0 Å². The number of amides is 11. The van der Waals surface area contributed by atoms with E-state index >= 15 is 0 Å². The first-order chi connectivity index (χ1) is 38.0. The van der Waals surface area contributed by atoms with E-state index in [0.717, 1.165) is 5.56 Å². The topological polar surface area (TPSA) is 407 Å². The van der Waals surface area contributed by atoms with E-state index < -0.39 is 126 Å². The highest BCUT2D eigenvalue weighted by Gasteiger charge is 2.40. The molecule has 11 amide bonds. The molecule has 0 aliphatic carbocycles. The Kier molecular flexibility index (Phi) is 28.9. The fourth-order valence-electron chi connectivity index (χ4n) is 9.50. The van der Waals surface area contributed by atoms with Crippen molar-refractivity contribution < 1.29 is 52.7 Å². The molecular formula is C54H89N15O11. The first kappa shape index (κ1) is 66.9. The van der Waals surface area contributed by atoms with Gasteiger partial charge < -0.3 is 75.3 Å². The van der Waals surface area contributed by atoms with Crippen molar-refractivity contribution in [2.75, 3.05) is 32.7 Å². The van der Waals surface area contributed by atoms with Crippen molar-refractivity contribution in [3.63, 3.8) is 0 Å². The summed E-state index contributed by atoms with van der Waals surface area (Å²) in [4.78, 5) is 154. The summed E-state index contributed by atoms with van der Waals surface area (Å²) in [6.45, 7) is 10.3. The van der Waals surface area contributed by atoms with Crippen LogP contribution < -0.4 is 65.5 Å². The van der Waals surface area contributed by atoms with Crippen molar-refractivity contribution in [3.05, 3.63) is 35.9 Å². The molecule has 26 nitrogen and oxygen atoms in total. The van der Waals surface area contributed by atoms with Gasteiger partial charge in [-0.15, -0.1) is 0 Å². The Bertz CT molecular complexity index is 2300. The number of primary amides is 1. The summed E-state index contributed by atoms with van der Waals surface area (Å²) in [6, 6.07) is -0.427. The van der Waals surface area contributed by atoms with Gasteiger partial charge in [-0.1, -0.05) is 63.9 Å². The number of rotatable bonds is 34. The lowest BCUT2D eigenvalue weighted by Crippen LogP contribution is -2.59. The molecule has 9 atom stereocenters. The Hall–Kier alpha value is -7.38. The lowest BCUT2D eigenvalue weighted by atomic mass is 10.0. The van der Waals surface area contributed by atoms with Crippen molar-refractivity contribution in [2.45, 2.75) is 192 Å². The molecule has 0 aromatic heterocycles. The predicted octanol–water partition coefficient (Wildman–Crippen LogP) is -1.93. The van der Waals surface area contributed by atoms with Gasteiger partial charge in [-0.3, -0.25) is 57.7 Å². The molecular weight excluding hydrogens is 1030 g/mol. The number of carbonyl (C=O) groups is 11. The van der Waals surface area contributed by atoms with Crippen LogP contribution >= 0.6 is 0 Å². The van der Waals surface area contributed by atoms with Crippen LogP contribution in [0.15, 0.2) is 35.3 Å². The van der Waals surface area contributed by atoms with Crippen LogP contribution in [0.4, 0.5) is 0 Å². The highest BCUT2D eigenvalue weighted by atomic mass is 16.2. The SMILES string of the molecule is CCCC[C@H](NC(=O)[C@@H]1CCCN1C(=O)[C@H](CCCN=C(N)N)NC(C)=O)C(=O)N[C@@H](CCc1ccccc1)C(=O)N[C@@H](C)C(=O)N[C@@H](C)C(=O)N[C@@H](CCCCN)C(=O)NCC(=O)N1CCC[C@H]1C(=O)N[C@@H](CC(C)C)C(N)=O. The molecule has 1 aromatic rings. The summed E-state index contributed by atoms with van der Waals surface area (Å²) in [5.41, 5.74) is 22.9. The van der Waals surface area contributed by atoms with Crippen molar-refractivity contribution >= 4 is 70.9 Å². The maximum atomic E-state index is 14.2. The van der Waals surface area contributed by atoms with Crippen molar-refractivity contribution in [1.29, 1.82) is 0 Å². The van der Waals surface area contributed by atoms with E-state index in [1.54, 1.807) is 0 Å². The summed E-state index contributed by atoms with van der Waals surface area (Å²) < 4.78 is 0. The molecule has 0 saturated carbocycles. The van der Waals surface area contributed by atoms with E-state index in [1.165, 1.54) is 30.6 Å². The van der Waals surface area contributed by atoms with Gasteiger partial charge in [0.2, 0.25) is 65.0 Å². The number of nitrogens with zero attached hydrogens (tertiary/aromatic N) is 3. The maximum Gasteiger partial charge on any atom is 0.245 e. The van der Waals surface area contributed by atoms with Gasteiger partial charge in [-0.25, -0.2) is 0 Å². The van der Waals surface area contributed by atoms with Gasteiger partial charge in [0, 0.05) is 26.6 Å². The Labute approximate surface area is 469 Å². The summed E-state index contributed by atoms with van der Waals surface area (Å²) in [6.07, 6.45) is 5.47. The zero-order chi connectivity index (χ0) is 59.5. The number of unbranched alkanes of at least 4 members (excludes halogenated alkanes) is 2. The Morgan fingerprint density at radius 1 is 0.600 bits per heavy atom. The molecule has 0 radical (unpaired) electrons. The second-order valence-electron chi connectivity index (χ2n) is 21.0. The van der Waals surface area contributed by atoms with E-state index in [2.05, 4.69) is 47.5 Å². The maximum absolute atomic E-state index is 14.2. The number of aryl methyl sites for hydroxylation is 1. The number of hydrogen-bond donors (Lipinski definition) is 12. The van der Waals surface area contributed by atoms with Crippen LogP contribution in [0, 0.1) is 5.92 Å². The van der Waals surface area contributed by atoms with Crippen LogP contribution in [0.1, 0.15) is 137 Å². The first-order valence-electron chi connectivity index (χ1n) is 28.0. The molecule has 0 bridgehead atoms. The van der Waals surface area contributed by atoms with E-state index in [0.29, 0.717) is 77.2 Å². The third-order valence-corrected chi connectivity index (χ3v) is 13.9. The fraction of sp³-hybridized carbons (Fsp3) is 0.667. The molecule has 0 spiro atoms. The molecule has 3 rings (SSSR count). The average Bonchev–Trinajstić information content (AvgIpc) is 4.17. The summed E-state index contributed by atoms with van der Waals surface area (Å²) in [5.74, 6) is -6.87. The van der Waals surface area contributed by atoms with Crippen LogP contribution in [0.3, 0.4) is 0 Å². The molecule has 2 fully saturated rings. The van der Waals surface area contributed by atoms with Gasteiger partial charge in [0.05, 0.1) is 6.54 Å². The summed E-state index contributed by atoms with van der Waals surface area (Å²) >= 11 is 0. The quantitative estimate of drug-likeness (QED) is 0.0203. The number of likely N-dealkylation sites (tertiary alicyclic amines) is 2. The summed E-state index contributed by atoms with van der Waals surface area (Å²) in [5, 5.41) is 21.3. The first-order valence-corrected chi connectivity index (χ1v) is 28.0. The monoisotopic (exact) mass is 1120 g/mol. The van der Waals surface area contributed by atoms with Gasteiger partial charge in [0.25, 0.3) is 0 Å². The molecule has 26 heteroatoms. The van der Waals surface area contributed by atoms with Crippen molar-refractivity contribution in [1.82, 2.24) is 52.3 Å². The minimum atomic E-state index is -1.24. The number of carbonyl (C=O) groups excluding carboxylic acids is 11. The van der Waals surface area contributed by atoms with E-state index in [1.807, 2.05) is 51.1 Å². The van der Waals surface area contributed by atoms with Crippen LogP contribution in [-0.2, 0) is 59.2 Å². The minimum Gasteiger partial charge on any atom is -0.370 e. The largest absolute Gasteiger partial charge is 0.370 e. The van der Waals surface area contributed by atoms with Gasteiger partial charge in [-0.05, 0) is 115 Å². The molecule has 446 valence electrons. The number of nitrogens with two attached hydrogens (primary N) is 4. The van der Waals surface area contributed by atoms with Crippen molar-refractivity contribution in [3.8, 4) is 0 Å². The number of nitrogens with one attached hydrogen (secondary N) is 8. The Balaban J connectivity index is 1.69. The van der Waals surface area contributed by atoms with Gasteiger partial charge >= 0.3 is 0 Å². The van der Waals surface area contributed by atoms with Crippen LogP contribution in [0.2, 0.25) is 0 Å². The molecule has 2 aliphatic rings. The molecule has 1 aromatic carbocycles. The lowest BCUT2D eigenvalue weighted by Gasteiger charge is -2.30. The van der Waals surface area contributed by atoms with Crippen LogP contribution in [0.5, 0.6) is 0 Å². The Morgan fingerprint density at radius 3 is 1.71 bits per heavy atom. The van der Waals surface area contributed by atoms with E-state index in [9.17, 15) is 52.7 Å². The highest BCUT2D eigenvalue weighted by Crippen LogP contribution is 2.22. The molecule has 16 N–H and O–H groups in total. The summed E-state index contributed by atoms with van der Waals surface area (Å²) in [7, 11) is 0.